The highest BCUT2D eigenvalue weighted by molar-refractivity contribution is 7.10. The van der Waals surface area contributed by atoms with E-state index in [1.165, 1.54) is 11.3 Å². The van der Waals surface area contributed by atoms with Crippen molar-refractivity contribution >= 4 is 23.1 Å². The standard InChI is InChI=1S/C18H16O4S/c1-10(2)18-17(20)16-11(3)7-12(8-14(16)22-18)21-15(19)9-13-5-4-6-23-13/h4-8H,9H2,1-3H3. The summed E-state index contributed by atoms with van der Waals surface area (Å²) in [5.41, 5.74) is 2.10. The van der Waals surface area contributed by atoms with Gasteiger partial charge in [-0.25, -0.2) is 0 Å². The number of hydrogen-bond acceptors (Lipinski definition) is 5. The molecule has 2 heterocycles. The lowest BCUT2D eigenvalue weighted by Gasteiger charge is -2.07. The molecule has 0 N–H and O–H groups in total. The van der Waals surface area contributed by atoms with Crippen molar-refractivity contribution < 1.29 is 19.1 Å². The number of ketones is 1. The fourth-order valence-corrected chi connectivity index (χ4v) is 3.17. The Kier molecular flexibility index (Phi) is 4.05. The molecular weight excluding hydrogens is 312 g/mol. The second-order valence-electron chi connectivity index (χ2n) is 5.60. The Morgan fingerprint density at radius 1 is 1.30 bits per heavy atom. The average molecular weight is 328 g/mol. The van der Waals surface area contributed by atoms with Crippen molar-refractivity contribution in [2.75, 3.05) is 0 Å². The highest BCUT2D eigenvalue weighted by atomic mass is 32.1. The van der Waals surface area contributed by atoms with E-state index in [-0.39, 0.29) is 18.2 Å². The van der Waals surface area contributed by atoms with Gasteiger partial charge in [0.05, 0.1) is 12.0 Å². The number of rotatable bonds is 3. The molecule has 1 aromatic carbocycles. The smallest absolute Gasteiger partial charge is 0.316 e. The SMILES string of the molecule is CC(C)=C1Oc2cc(OC(=O)Cc3cccs3)cc(C)c2C1=O. The topological polar surface area (TPSA) is 52.6 Å². The predicted octanol–water partition coefficient (Wildman–Crippen LogP) is 4.07. The predicted molar refractivity (Wildman–Crippen MR) is 88.2 cm³/mol. The van der Waals surface area contributed by atoms with E-state index < -0.39 is 0 Å². The van der Waals surface area contributed by atoms with Gasteiger partial charge in [0.15, 0.2) is 5.76 Å². The summed E-state index contributed by atoms with van der Waals surface area (Å²) >= 11 is 1.51. The zero-order valence-electron chi connectivity index (χ0n) is 13.1. The molecule has 0 saturated heterocycles. The molecule has 0 unspecified atom stereocenters. The summed E-state index contributed by atoms with van der Waals surface area (Å²) in [6, 6.07) is 7.08. The van der Waals surface area contributed by atoms with Crippen LogP contribution in [0.1, 0.15) is 34.6 Å². The van der Waals surface area contributed by atoms with Crippen molar-refractivity contribution in [1.29, 1.82) is 0 Å². The maximum absolute atomic E-state index is 12.3. The molecule has 3 rings (SSSR count). The second kappa shape index (κ2) is 6.01. The average Bonchev–Trinajstić information content (AvgIpc) is 3.06. The number of aryl methyl sites for hydroxylation is 1. The molecule has 0 bridgehead atoms. The van der Waals surface area contributed by atoms with Crippen molar-refractivity contribution in [2.45, 2.75) is 27.2 Å². The maximum Gasteiger partial charge on any atom is 0.316 e. The van der Waals surface area contributed by atoms with Gasteiger partial charge in [0, 0.05) is 10.9 Å². The zero-order chi connectivity index (χ0) is 16.6. The molecule has 0 spiro atoms. The lowest BCUT2D eigenvalue weighted by Crippen LogP contribution is -2.10. The summed E-state index contributed by atoms with van der Waals surface area (Å²) in [4.78, 5) is 25.3. The highest BCUT2D eigenvalue weighted by Crippen LogP contribution is 2.37. The lowest BCUT2D eigenvalue weighted by atomic mass is 10.0. The van der Waals surface area contributed by atoms with Crippen LogP contribution in [-0.2, 0) is 11.2 Å². The van der Waals surface area contributed by atoms with Crippen LogP contribution in [0.2, 0.25) is 0 Å². The Hall–Kier alpha value is -2.40. The van der Waals surface area contributed by atoms with Gasteiger partial charge in [0.2, 0.25) is 5.78 Å². The van der Waals surface area contributed by atoms with Crippen molar-refractivity contribution in [1.82, 2.24) is 0 Å². The monoisotopic (exact) mass is 328 g/mol. The van der Waals surface area contributed by atoms with E-state index in [0.717, 1.165) is 16.0 Å². The first-order valence-electron chi connectivity index (χ1n) is 7.23. The van der Waals surface area contributed by atoms with Crippen LogP contribution in [0.3, 0.4) is 0 Å². The molecule has 0 aliphatic carbocycles. The van der Waals surface area contributed by atoms with Crippen molar-refractivity contribution in [3.05, 3.63) is 57.0 Å². The zero-order valence-corrected chi connectivity index (χ0v) is 14.0. The van der Waals surface area contributed by atoms with Crippen LogP contribution < -0.4 is 9.47 Å². The summed E-state index contributed by atoms with van der Waals surface area (Å²) in [7, 11) is 0. The van der Waals surface area contributed by atoms with E-state index in [1.807, 2.05) is 38.3 Å². The molecule has 1 aliphatic rings. The van der Waals surface area contributed by atoms with Gasteiger partial charge in [0.25, 0.3) is 0 Å². The quantitative estimate of drug-likeness (QED) is 0.484. The number of carbonyl (C=O) groups is 2. The minimum Gasteiger partial charge on any atom is -0.452 e. The molecule has 0 saturated carbocycles. The number of allylic oxidation sites excluding steroid dienone is 2. The minimum absolute atomic E-state index is 0.117. The van der Waals surface area contributed by atoms with Gasteiger partial charge in [-0.1, -0.05) is 6.07 Å². The first-order valence-corrected chi connectivity index (χ1v) is 8.11. The molecule has 0 amide bonds. The fraction of sp³-hybridized carbons (Fsp3) is 0.222. The van der Waals surface area contributed by atoms with E-state index in [1.54, 1.807) is 12.1 Å². The molecule has 0 atom stereocenters. The summed E-state index contributed by atoms with van der Waals surface area (Å²) < 4.78 is 11.0. The van der Waals surface area contributed by atoms with Crippen LogP contribution in [0.25, 0.3) is 0 Å². The Balaban J connectivity index is 1.83. The molecule has 5 heteroatoms. The number of carbonyl (C=O) groups excluding carboxylic acids is 2. The fourth-order valence-electron chi connectivity index (χ4n) is 2.48. The number of thiophene rings is 1. The number of ether oxygens (including phenoxy) is 2. The van der Waals surface area contributed by atoms with Crippen LogP contribution in [0.15, 0.2) is 41.0 Å². The van der Waals surface area contributed by atoms with Gasteiger partial charge in [0.1, 0.15) is 11.5 Å². The summed E-state index contributed by atoms with van der Waals surface area (Å²) in [6.07, 6.45) is 0.229. The molecular formula is C18H16O4S. The third-order valence-corrected chi connectivity index (χ3v) is 4.38. The summed E-state index contributed by atoms with van der Waals surface area (Å²) in [5.74, 6) is 0.744. The Bertz CT molecular complexity index is 812. The normalized spacial score (nSPS) is 12.8. The van der Waals surface area contributed by atoms with E-state index in [2.05, 4.69) is 0 Å². The molecule has 1 aliphatic heterocycles. The largest absolute Gasteiger partial charge is 0.452 e. The third kappa shape index (κ3) is 3.05. The van der Waals surface area contributed by atoms with Gasteiger partial charge in [-0.2, -0.15) is 0 Å². The van der Waals surface area contributed by atoms with E-state index in [0.29, 0.717) is 22.8 Å². The first kappa shape index (κ1) is 15.5. The summed E-state index contributed by atoms with van der Waals surface area (Å²) in [6.45, 7) is 5.47. The van der Waals surface area contributed by atoms with E-state index >= 15 is 0 Å². The molecule has 118 valence electrons. The van der Waals surface area contributed by atoms with Crippen LogP contribution in [-0.4, -0.2) is 11.8 Å². The van der Waals surface area contributed by atoms with Crippen molar-refractivity contribution in [2.24, 2.45) is 0 Å². The van der Waals surface area contributed by atoms with Gasteiger partial charge in [-0.3, -0.25) is 9.59 Å². The Morgan fingerprint density at radius 3 is 2.74 bits per heavy atom. The van der Waals surface area contributed by atoms with Crippen LogP contribution in [0.5, 0.6) is 11.5 Å². The van der Waals surface area contributed by atoms with Gasteiger partial charge >= 0.3 is 5.97 Å². The highest BCUT2D eigenvalue weighted by Gasteiger charge is 2.30. The van der Waals surface area contributed by atoms with Gasteiger partial charge in [-0.15, -0.1) is 11.3 Å². The van der Waals surface area contributed by atoms with Crippen molar-refractivity contribution in [3.63, 3.8) is 0 Å². The molecule has 4 nitrogen and oxygen atoms in total. The maximum atomic E-state index is 12.3. The molecule has 23 heavy (non-hydrogen) atoms. The lowest BCUT2D eigenvalue weighted by molar-refractivity contribution is -0.133. The van der Waals surface area contributed by atoms with Crippen LogP contribution in [0, 0.1) is 6.92 Å². The first-order chi connectivity index (χ1) is 11.0. The van der Waals surface area contributed by atoms with E-state index in [9.17, 15) is 9.59 Å². The van der Waals surface area contributed by atoms with E-state index in [4.69, 9.17) is 9.47 Å². The molecule has 1 aromatic heterocycles. The number of Topliss-reactive ketones (excluding diaryl/α,β-unsaturated/α-hetero) is 1. The Morgan fingerprint density at radius 2 is 2.09 bits per heavy atom. The minimum atomic E-state index is -0.335. The number of benzene rings is 1. The van der Waals surface area contributed by atoms with Crippen LogP contribution >= 0.6 is 11.3 Å². The summed E-state index contributed by atoms with van der Waals surface area (Å²) in [5, 5.41) is 1.92. The Labute approximate surface area is 138 Å². The van der Waals surface area contributed by atoms with Crippen LogP contribution in [0.4, 0.5) is 0 Å². The van der Waals surface area contributed by atoms with Crippen molar-refractivity contribution in [3.8, 4) is 11.5 Å². The molecule has 2 aromatic rings. The number of esters is 1. The second-order valence-corrected chi connectivity index (χ2v) is 6.64. The third-order valence-electron chi connectivity index (χ3n) is 3.50. The molecule has 0 fully saturated rings. The number of hydrogen-bond donors (Lipinski definition) is 0. The molecule has 0 radical (unpaired) electrons. The van der Waals surface area contributed by atoms with Gasteiger partial charge < -0.3 is 9.47 Å². The van der Waals surface area contributed by atoms with Gasteiger partial charge in [-0.05, 0) is 49.4 Å². The number of fused-ring (bicyclic) bond motifs is 1.